The van der Waals surface area contributed by atoms with E-state index in [1.165, 1.54) is 0 Å². The largest absolute Gasteiger partial charge is 0.380 e. The fourth-order valence-electron chi connectivity index (χ4n) is 0.215. The summed E-state index contributed by atoms with van der Waals surface area (Å²) in [5.74, 6) is 0. The molecule has 0 aliphatic carbocycles. The van der Waals surface area contributed by atoms with Crippen LogP contribution >= 0.6 is 12.4 Å². The normalized spacial score (nSPS) is 16.5. The zero-order valence-electron chi connectivity index (χ0n) is 5.55. The van der Waals surface area contributed by atoms with E-state index in [0.29, 0.717) is 0 Å². The van der Waals surface area contributed by atoms with Crippen LogP contribution in [0.5, 0.6) is 0 Å². The first kappa shape index (κ1) is 11.1. The van der Waals surface area contributed by atoms with E-state index in [-0.39, 0.29) is 24.6 Å². The van der Waals surface area contributed by atoms with E-state index in [2.05, 4.69) is 0 Å². The molecular formula is C5H14ClNO. The first-order chi connectivity index (χ1) is 3.18. The van der Waals surface area contributed by atoms with Gasteiger partial charge in [0.1, 0.15) is 0 Å². The lowest BCUT2D eigenvalue weighted by Gasteiger charge is -2.11. The van der Waals surface area contributed by atoms with Gasteiger partial charge in [0, 0.05) is 13.2 Å². The predicted octanol–water partition coefficient (Wildman–Crippen LogP) is 0.790. The molecule has 0 bridgehead atoms. The highest BCUT2D eigenvalue weighted by Crippen LogP contribution is 1.89. The summed E-state index contributed by atoms with van der Waals surface area (Å²) in [7, 11) is 1.66. The van der Waals surface area contributed by atoms with Crippen LogP contribution < -0.4 is 5.73 Å². The molecule has 0 radical (unpaired) electrons. The smallest absolute Gasteiger partial charge is 0.0691 e. The second kappa shape index (κ2) is 5.35. The Morgan fingerprint density at radius 3 is 1.75 bits per heavy atom. The number of halogens is 1. The lowest BCUT2D eigenvalue weighted by Crippen LogP contribution is -2.30. The van der Waals surface area contributed by atoms with Gasteiger partial charge < -0.3 is 10.5 Å². The summed E-state index contributed by atoms with van der Waals surface area (Å²) in [6, 6.07) is 0.144. The van der Waals surface area contributed by atoms with Gasteiger partial charge in [-0.15, -0.1) is 12.4 Å². The molecule has 0 aromatic carbocycles. The van der Waals surface area contributed by atoms with Gasteiger partial charge in [-0.25, -0.2) is 0 Å². The Morgan fingerprint density at radius 2 is 1.75 bits per heavy atom. The summed E-state index contributed by atoms with van der Waals surface area (Å²) < 4.78 is 4.89. The summed E-state index contributed by atoms with van der Waals surface area (Å²) in [5.41, 5.74) is 5.42. The average Bonchev–Trinajstić information content (AvgIpc) is 1.65. The van der Waals surface area contributed by atoms with E-state index < -0.39 is 0 Å². The lowest BCUT2D eigenvalue weighted by atomic mass is 10.2. The zero-order chi connectivity index (χ0) is 5.86. The molecule has 0 aliphatic rings. The molecule has 2 nitrogen and oxygen atoms in total. The molecule has 0 rings (SSSR count). The van der Waals surface area contributed by atoms with Crippen molar-refractivity contribution in [3.63, 3.8) is 0 Å². The van der Waals surface area contributed by atoms with Crippen LogP contribution in [0.2, 0.25) is 0 Å². The van der Waals surface area contributed by atoms with Gasteiger partial charge in [0.05, 0.1) is 6.10 Å². The monoisotopic (exact) mass is 139 g/mol. The average molecular weight is 140 g/mol. The maximum atomic E-state index is 5.42. The molecule has 0 fully saturated rings. The second-order valence-corrected chi connectivity index (χ2v) is 1.80. The van der Waals surface area contributed by atoms with Crippen molar-refractivity contribution in [1.29, 1.82) is 0 Å². The minimum atomic E-state index is 0. The third-order valence-corrected chi connectivity index (χ3v) is 1.11. The number of hydrogen-bond acceptors (Lipinski definition) is 2. The maximum Gasteiger partial charge on any atom is 0.0691 e. The third-order valence-electron chi connectivity index (χ3n) is 1.11. The van der Waals surface area contributed by atoms with Crippen LogP contribution in [0.15, 0.2) is 0 Å². The Bertz CT molecular complexity index is 49.7. The van der Waals surface area contributed by atoms with E-state index >= 15 is 0 Å². The molecule has 0 heterocycles. The van der Waals surface area contributed by atoms with Gasteiger partial charge in [0.15, 0.2) is 0 Å². The molecule has 2 N–H and O–H groups in total. The topological polar surface area (TPSA) is 35.2 Å². The van der Waals surface area contributed by atoms with E-state index in [0.717, 1.165) is 0 Å². The quantitative estimate of drug-likeness (QED) is 0.614. The number of nitrogens with two attached hydrogens (primary N) is 1. The molecule has 0 amide bonds. The van der Waals surface area contributed by atoms with Gasteiger partial charge in [-0.05, 0) is 13.8 Å². The van der Waals surface area contributed by atoms with Gasteiger partial charge >= 0.3 is 0 Å². The molecule has 8 heavy (non-hydrogen) atoms. The molecule has 0 aromatic heterocycles. The SMILES string of the molecule is COC(C)[C@H](C)N.Cl. The Labute approximate surface area is 56.8 Å². The van der Waals surface area contributed by atoms with Crippen LogP contribution in [0.3, 0.4) is 0 Å². The first-order valence-electron chi connectivity index (χ1n) is 2.47. The minimum absolute atomic E-state index is 0. The van der Waals surface area contributed by atoms with Crippen molar-refractivity contribution in [1.82, 2.24) is 0 Å². The highest BCUT2D eigenvalue weighted by atomic mass is 35.5. The highest BCUT2D eigenvalue weighted by molar-refractivity contribution is 5.85. The number of methoxy groups -OCH3 is 1. The van der Waals surface area contributed by atoms with Gasteiger partial charge in [-0.3, -0.25) is 0 Å². The molecule has 3 heteroatoms. The molecular weight excluding hydrogens is 126 g/mol. The molecule has 52 valence electrons. The van der Waals surface area contributed by atoms with Crippen molar-refractivity contribution >= 4 is 12.4 Å². The summed E-state index contributed by atoms with van der Waals surface area (Å²) in [4.78, 5) is 0. The van der Waals surface area contributed by atoms with Crippen molar-refractivity contribution in [3.05, 3.63) is 0 Å². The number of rotatable bonds is 2. The van der Waals surface area contributed by atoms with Gasteiger partial charge in [-0.1, -0.05) is 0 Å². The van der Waals surface area contributed by atoms with Crippen LogP contribution in [0.4, 0.5) is 0 Å². The van der Waals surface area contributed by atoms with Crippen LogP contribution in [-0.2, 0) is 4.74 Å². The maximum absolute atomic E-state index is 5.42. The highest BCUT2D eigenvalue weighted by Gasteiger charge is 2.02. The molecule has 0 saturated heterocycles. The van der Waals surface area contributed by atoms with Crippen molar-refractivity contribution < 1.29 is 4.74 Å². The number of ether oxygens (including phenoxy) is 1. The van der Waals surface area contributed by atoms with Gasteiger partial charge in [0.25, 0.3) is 0 Å². The third kappa shape index (κ3) is 4.37. The van der Waals surface area contributed by atoms with Crippen molar-refractivity contribution in [3.8, 4) is 0 Å². The molecule has 0 saturated carbocycles. The van der Waals surface area contributed by atoms with Crippen LogP contribution in [0, 0.1) is 0 Å². The van der Waals surface area contributed by atoms with E-state index in [1.807, 2.05) is 13.8 Å². The Balaban J connectivity index is 0. The lowest BCUT2D eigenvalue weighted by molar-refractivity contribution is 0.101. The van der Waals surface area contributed by atoms with Crippen molar-refractivity contribution in [2.24, 2.45) is 5.73 Å². The van der Waals surface area contributed by atoms with Crippen molar-refractivity contribution in [2.75, 3.05) is 7.11 Å². The van der Waals surface area contributed by atoms with E-state index in [4.69, 9.17) is 10.5 Å². The van der Waals surface area contributed by atoms with Crippen LogP contribution in [0.1, 0.15) is 13.8 Å². The second-order valence-electron chi connectivity index (χ2n) is 1.80. The number of hydrogen-bond donors (Lipinski definition) is 1. The summed E-state index contributed by atoms with van der Waals surface area (Å²) >= 11 is 0. The first-order valence-corrected chi connectivity index (χ1v) is 2.47. The summed E-state index contributed by atoms with van der Waals surface area (Å²) in [5, 5.41) is 0. The summed E-state index contributed by atoms with van der Waals surface area (Å²) in [6.07, 6.45) is 0.181. The fourth-order valence-corrected chi connectivity index (χ4v) is 0.215. The Morgan fingerprint density at radius 1 is 1.38 bits per heavy atom. The molecule has 0 spiro atoms. The standard InChI is InChI=1S/C5H13NO.ClH/c1-4(6)5(2)7-3;/h4-5H,6H2,1-3H3;1H/t4-,5?;/m0./s1. The van der Waals surface area contributed by atoms with Crippen LogP contribution in [0.25, 0.3) is 0 Å². The molecule has 1 unspecified atom stereocenters. The molecule has 0 aromatic rings. The van der Waals surface area contributed by atoms with Gasteiger partial charge in [0.2, 0.25) is 0 Å². The van der Waals surface area contributed by atoms with Gasteiger partial charge in [-0.2, -0.15) is 0 Å². The molecule has 0 aliphatic heterocycles. The molecule has 2 atom stereocenters. The van der Waals surface area contributed by atoms with Crippen LogP contribution in [-0.4, -0.2) is 19.3 Å². The Kier molecular flexibility index (Phi) is 7.40. The minimum Gasteiger partial charge on any atom is -0.380 e. The zero-order valence-corrected chi connectivity index (χ0v) is 6.37. The Hall–Kier alpha value is 0.210. The summed E-state index contributed by atoms with van der Waals surface area (Å²) in [6.45, 7) is 3.87. The van der Waals surface area contributed by atoms with Crippen molar-refractivity contribution in [2.45, 2.75) is 26.0 Å². The van der Waals surface area contributed by atoms with E-state index in [1.54, 1.807) is 7.11 Å². The fraction of sp³-hybridized carbons (Fsp3) is 1.00. The predicted molar refractivity (Wildman–Crippen MR) is 37.4 cm³/mol. The van der Waals surface area contributed by atoms with E-state index in [9.17, 15) is 0 Å².